The number of pyridine rings is 1. The number of aromatic amines is 1. The van der Waals surface area contributed by atoms with Crippen molar-refractivity contribution in [2.75, 3.05) is 12.3 Å². The van der Waals surface area contributed by atoms with Crippen LogP contribution < -0.4 is 16.0 Å². The molecule has 2 aromatic carbocycles. The molecule has 3 aromatic rings. The predicted octanol–water partition coefficient (Wildman–Crippen LogP) is 2.64. The van der Waals surface area contributed by atoms with Crippen molar-refractivity contribution in [3.63, 3.8) is 0 Å². The monoisotopic (exact) mass is 394 g/mol. The van der Waals surface area contributed by atoms with Crippen LogP contribution in [0.5, 0.6) is 5.75 Å². The molecule has 148 valence electrons. The molecule has 29 heavy (non-hydrogen) atoms. The Morgan fingerprint density at radius 1 is 0.931 bits per heavy atom. The second-order valence-electron chi connectivity index (χ2n) is 6.21. The number of H-pyrrole nitrogens is 1. The number of hydrogen-bond donors (Lipinski definition) is 4. The average molecular weight is 394 g/mol. The molecule has 1 aromatic heterocycles. The van der Waals surface area contributed by atoms with Crippen LogP contribution in [0.15, 0.2) is 59.4 Å². The minimum absolute atomic E-state index is 0.230. The van der Waals surface area contributed by atoms with E-state index in [4.69, 9.17) is 10.5 Å². The summed E-state index contributed by atoms with van der Waals surface area (Å²) in [5.74, 6) is -2.88. The van der Waals surface area contributed by atoms with Crippen molar-refractivity contribution in [2.24, 2.45) is 0 Å². The number of aromatic carboxylic acids is 2. The molecule has 0 aliphatic heterocycles. The summed E-state index contributed by atoms with van der Waals surface area (Å²) < 4.78 is 5.68. The third-order valence-electron chi connectivity index (χ3n) is 4.32. The van der Waals surface area contributed by atoms with E-state index in [2.05, 4.69) is 4.98 Å². The molecule has 0 amide bonds. The highest BCUT2D eigenvalue weighted by Gasteiger charge is 2.26. The van der Waals surface area contributed by atoms with Gasteiger partial charge in [0.25, 0.3) is 5.56 Å². The molecule has 0 unspecified atom stereocenters. The average Bonchev–Trinajstić information content (AvgIpc) is 2.68. The summed E-state index contributed by atoms with van der Waals surface area (Å²) in [5.41, 5.74) is 4.60. The summed E-state index contributed by atoms with van der Waals surface area (Å²) in [6.45, 7) is 0.433. The molecule has 8 heteroatoms. The first-order valence-electron chi connectivity index (χ1n) is 8.68. The first kappa shape index (κ1) is 19.7. The highest BCUT2D eigenvalue weighted by molar-refractivity contribution is 6.07. The van der Waals surface area contributed by atoms with Crippen LogP contribution >= 0.6 is 0 Å². The van der Waals surface area contributed by atoms with Gasteiger partial charge < -0.3 is 25.7 Å². The number of nitrogens with two attached hydrogens (primary N) is 1. The lowest BCUT2D eigenvalue weighted by Crippen LogP contribution is -2.24. The van der Waals surface area contributed by atoms with Crippen molar-refractivity contribution in [3.05, 3.63) is 81.6 Å². The van der Waals surface area contributed by atoms with Gasteiger partial charge in [-0.25, -0.2) is 9.59 Å². The molecule has 0 aliphatic carbocycles. The number of carboxylic acids is 2. The summed E-state index contributed by atoms with van der Waals surface area (Å²) in [7, 11) is 0. The summed E-state index contributed by atoms with van der Waals surface area (Å²) in [4.78, 5) is 37.3. The zero-order valence-corrected chi connectivity index (χ0v) is 15.2. The molecule has 0 radical (unpaired) electrons. The van der Waals surface area contributed by atoms with Gasteiger partial charge in [-0.15, -0.1) is 0 Å². The summed E-state index contributed by atoms with van der Waals surface area (Å²) >= 11 is 0. The number of nitrogen functional groups attached to an aromatic ring is 1. The topological polar surface area (TPSA) is 143 Å². The van der Waals surface area contributed by atoms with E-state index in [1.54, 1.807) is 12.1 Å². The maximum absolute atomic E-state index is 12.1. The zero-order chi connectivity index (χ0) is 21.0. The van der Waals surface area contributed by atoms with Crippen molar-refractivity contribution in [2.45, 2.75) is 6.42 Å². The summed E-state index contributed by atoms with van der Waals surface area (Å²) in [5, 5.41) is 18.9. The number of carboxylic acid groups (broad SMARTS) is 2. The van der Waals surface area contributed by atoms with Crippen molar-refractivity contribution in [1.82, 2.24) is 4.98 Å². The predicted molar refractivity (Wildman–Crippen MR) is 106 cm³/mol. The number of benzene rings is 2. The molecule has 5 N–H and O–H groups in total. The second kappa shape index (κ2) is 8.30. The lowest BCUT2D eigenvalue weighted by molar-refractivity contribution is 0.0695. The Hall–Kier alpha value is -4.07. The number of nitrogens with one attached hydrogen (secondary N) is 1. The Labute approximate surface area is 165 Å². The van der Waals surface area contributed by atoms with Gasteiger partial charge in [-0.1, -0.05) is 42.5 Å². The molecule has 0 bridgehead atoms. The fraction of sp³-hybridized carbons (Fsp3) is 0.0952. The lowest BCUT2D eigenvalue weighted by atomic mass is 9.95. The lowest BCUT2D eigenvalue weighted by Gasteiger charge is -2.13. The summed E-state index contributed by atoms with van der Waals surface area (Å²) in [6, 6.07) is 15.9. The normalized spacial score (nSPS) is 10.5. The molecular weight excluding hydrogens is 376 g/mol. The third-order valence-corrected chi connectivity index (χ3v) is 4.32. The molecule has 3 rings (SSSR count). The molecule has 0 aliphatic rings. The van der Waals surface area contributed by atoms with Gasteiger partial charge in [-0.05, 0) is 23.3 Å². The summed E-state index contributed by atoms with van der Waals surface area (Å²) in [6.07, 6.45) is 0.708. The minimum Gasteiger partial charge on any atom is -0.493 e. The second-order valence-corrected chi connectivity index (χ2v) is 6.21. The maximum Gasteiger partial charge on any atom is 0.342 e. The van der Waals surface area contributed by atoms with E-state index in [9.17, 15) is 24.6 Å². The fourth-order valence-electron chi connectivity index (χ4n) is 2.98. The number of ether oxygens (including phenoxy) is 1. The Kier molecular flexibility index (Phi) is 5.64. The van der Waals surface area contributed by atoms with Gasteiger partial charge in [-0.2, -0.15) is 0 Å². The first-order valence-corrected chi connectivity index (χ1v) is 8.68. The van der Waals surface area contributed by atoms with E-state index in [1.807, 2.05) is 30.3 Å². The van der Waals surface area contributed by atoms with Crippen LogP contribution in [-0.2, 0) is 6.42 Å². The van der Waals surface area contributed by atoms with Gasteiger partial charge >= 0.3 is 11.9 Å². The first-order chi connectivity index (χ1) is 13.9. The Balaban J connectivity index is 1.90. The Bertz CT molecular complexity index is 1100. The van der Waals surface area contributed by atoms with Crippen molar-refractivity contribution in [1.29, 1.82) is 0 Å². The quantitative estimate of drug-likeness (QED) is 0.482. The van der Waals surface area contributed by atoms with E-state index >= 15 is 0 Å². The number of carbonyl (C=O) groups is 2. The van der Waals surface area contributed by atoms with Crippen LogP contribution in [0, 0.1) is 0 Å². The highest BCUT2D eigenvalue weighted by Crippen LogP contribution is 2.30. The SMILES string of the molecule is Nc1[nH]c(=O)c(C(=O)O)c(-c2ccc(OCCc3ccccc3)cc2)c1C(=O)O. The van der Waals surface area contributed by atoms with Crippen LogP contribution in [0.4, 0.5) is 5.82 Å². The standard InChI is InChI=1S/C21H18N2O6/c22-18-16(20(25)26)15(17(21(27)28)19(24)23-18)13-6-8-14(9-7-13)29-11-10-12-4-2-1-3-5-12/h1-9H,10-11H2,(H,25,26)(H,27,28)(H3,22,23,24). The molecular formula is C21H18N2O6. The molecule has 0 fully saturated rings. The Morgan fingerprint density at radius 2 is 1.55 bits per heavy atom. The minimum atomic E-state index is -1.55. The van der Waals surface area contributed by atoms with E-state index in [-0.39, 0.29) is 11.1 Å². The number of hydrogen-bond acceptors (Lipinski definition) is 5. The largest absolute Gasteiger partial charge is 0.493 e. The fourth-order valence-corrected chi connectivity index (χ4v) is 2.98. The van der Waals surface area contributed by atoms with Crippen LogP contribution in [0.3, 0.4) is 0 Å². The number of aromatic nitrogens is 1. The van der Waals surface area contributed by atoms with E-state index < -0.39 is 34.4 Å². The van der Waals surface area contributed by atoms with E-state index in [0.717, 1.165) is 5.56 Å². The third kappa shape index (κ3) is 4.27. The van der Waals surface area contributed by atoms with Crippen molar-refractivity contribution in [3.8, 4) is 16.9 Å². The molecule has 0 saturated carbocycles. The van der Waals surface area contributed by atoms with Gasteiger partial charge in [0.05, 0.1) is 6.61 Å². The molecule has 8 nitrogen and oxygen atoms in total. The van der Waals surface area contributed by atoms with Crippen LogP contribution in [0.2, 0.25) is 0 Å². The van der Waals surface area contributed by atoms with Gasteiger partial charge in [0.1, 0.15) is 22.7 Å². The van der Waals surface area contributed by atoms with Gasteiger partial charge in [0.15, 0.2) is 0 Å². The number of rotatable bonds is 7. The smallest absolute Gasteiger partial charge is 0.342 e. The zero-order valence-electron chi connectivity index (χ0n) is 15.2. The van der Waals surface area contributed by atoms with Crippen LogP contribution in [-0.4, -0.2) is 33.7 Å². The molecule has 0 spiro atoms. The number of anilines is 1. The molecule has 0 saturated heterocycles. The van der Waals surface area contributed by atoms with E-state index in [1.165, 1.54) is 12.1 Å². The van der Waals surface area contributed by atoms with Gasteiger partial charge in [-0.3, -0.25) is 4.79 Å². The van der Waals surface area contributed by atoms with Crippen molar-refractivity contribution >= 4 is 17.8 Å². The van der Waals surface area contributed by atoms with Gasteiger partial charge in [0, 0.05) is 12.0 Å². The molecule has 0 atom stereocenters. The van der Waals surface area contributed by atoms with Crippen LogP contribution in [0.1, 0.15) is 26.3 Å². The highest BCUT2D eigenvalue weighted by atomic mass is 16.5. The van der Waals surface area contributed by atoms with Crippen molar-refractivity contribution < 1.29 is 24.5 Å². The van der Waals surface area contributed by atoms with Crippen LogP contribution in [0.25, 0.3) is 11.1 Å². The molecule has 1 heterocycles. The maximum atomic E-state index is 12.1. The Morgan fingerprint density at radius 3 is 2.14 bits per heavy atom. The van der Waals surface area contributed by atoms with E-state index in [0.29, 0.717) is 18.8 Å². The van der Waals surface area contributed by atoms with Gasteiger partial charge in [0.2, 0.25) is 0 Å².